The first-order chi connectivity index (χ1) is 10.3. The Balaban J connectivity index is 2.34. The average molecular weight is 331 g/mol. The van der Waals surface area contributed by atoms with E-state index in [0.29, 0.717) is 5.82 Å². The Morgan fingerprint density at radius 2 is 1.86 bits per heavy atom. The van der Waals surface area contributed by atoms with Gasteiger partial charge in [0, 0.05) is 5.56 Å². The largest absolute Gasteiger partial charge is 0.393 e. The summed E-state index contributed by atoms with van der Waals surface area (Å²) in [4.78, 5) is 7.97. The number of benzene rings is 1. The average Bonchev–Trinajstić information content (AvgIpc) is 2.44. The zero-order valence-electron chi connectivity index (χ0n) is 11.9. The summed E-state index contributed by atoms with van der Waals surface area (Å²) < 4.78 is 39.6. The molecule has 0 amide bonds. The van der Waals surface area contributed by atoms with E-state index in [1.807, 2.05) is 0 Å². The van der Waals surface area contributed by atoms with Crippen LogP contribution in [-0.2, 0) is 0 Å². The third-order valence-corrected chi connectivity index (χ3v) is 3.41. The number of anilines is 2. The second-order valence-electron chi connectivity index (χ2n) is 4.74. The van der Waals surface area contributed by atoms with Crippen molar-refractivity contribution >= 4 is 23.1 Å². The number of hydrogen-bond donors (Lipinski definition) is 2. The molecule has 1 heterocycles. The first kappa shape index (κ1) is 16.4. The Morgan fingerprint density at radius 3 is 2.50 bits per heavy atom. The maximum absolute atomic E-state index is 14.1. The minimum atomic E-state index is -2.88. The van der Waals surface area contributed by atoms with Gasteiger partial charge in [-0.3, -0.25) is 0 Å². The van der Waals surface area contributed by atoms with Gasteiger partial charge < -0.3 is 11.1 Å². The number of nitrogens with one attached hydrogen (secondary N) is 1. The molecule has 0 radical (unpaired) electrons. The summed E-state index contributed by atoms with van der Waals surface area (Å²) in [5, 5.41) is 2.94. The number of aromatic nitrogens is 2. The van der Waals surface area contributed by atoms with E-state index in [0.717, 1.165) is 6.07 Å². The van der Waals surface area contributed by atoms with Crippen LogP contribution >= 0.6 is 11.6 Å². The zero-order valence-corrected chi connectivity index (χ0v) is 12.6. The van der Waals surface area contributed by atoms with E-state index in [9.17, 15) is 13.2 Å². The highest BCUT2D eigenvalue weighted by atomic mass is 35.5. The molecule has 0 aliphatic heterocycles. The topological polar surface area (TPSA) is 63.8 Å². The van der Waals surface area contributed by atoms with Gasteiger partial charge in [0.15, 0.2) is 11.0 Å². The Bertz CT molecular complexity index is 694. The van der Waals surface area contributed by atoms with Crippen molar-refractivity contribution in [3.8, 4) is 0 Å². The lowest BCUT2D eigenvalue weighted by Crippen LogP contribution is -2.13. The first-order valence-electron chi connectivity index (χ1n) is 6.43. The van der Waals surface area contributed by atoms with Crippen molar-refractivity contribution in [1.82, 2.24) is 9.97 Å². The third-order valence-electron chi connectivity index (χ3n) is 3.12. The predicted octanol–water partition coefficient (Wildman–Crippen LogP) is 4.27. The lowest BCUT2D eigenvalue weighted by molar-refractivity contribution is 0.146. The summed E-state index contributed by atoms with van der Waals surface area (Å²) in [6.07, 6.45) is -2.88. The number of nitrogen functional groups attached to an aromatic ring is 1. The van der Waals surface area contributed by atoms with E-state index in [1.54, 1.807) is 13.8 Å². The predicted molar refractivity (Wildman–Crippen MR) is 79.6 cm³/mol. The molecule has 8 heteroatoms. The van der Waals surface area contributed by atoms with Crippen LogP contribution in [0.3, 0.4) is 0 Å². The number of nitrogens with zero attached hydrogens (tertiary/aromatic N) is 2. The van der Waals surface area contributed by atoms with Crippen LogP contribution in [0.4, 0.5) is 24.7 Å². The molecule has 1 aromatic carbocycles. The van der Waals surface area contributed by atoms with E-state index < -0.39 is 23.8 Å². The molecule has 0 aliphatic carbocycles. The molecule has 1 aromatic heterocycles. The highest BCUT2D eigenvalue weighted by Gasteiger charge is 2.20. The van der Waals surface area contributed by atoms with Crippen LogP contribution in [0.2, 0.25) is 5.15 Å². The molecule has 0 saturated heterocycles. The molecular formula is C14H14ClF3N4. The number of nitrogens with two attached hydrogens (primary N) is 1. The Kier molecular flexibility index (Phi) is 4.75. The Labute approximate surface area is 130 Å². The van der Waals surface area contributed by atoms with Gasteiger partial charge in [0.2, 0.25) is 0 Å². The van der Waals surface area contributed by atoms with Gasteiger partial charge in [0.25, 0.3) is 6.43 Å². The molecule has 2 aromatic rings. The van der Waals surface area contributed by atoms with E-state index in [-0.39, 0.29) is 22.2 Å². The highest BCUT2D eigenvalue weighted by Crippen LogP contribution is 2.31. The number of hydrogen-bond acceptors (Lipinski definition) is 4. The fourth-order valence-corrected chi connectivity index (χ4v) is 2.22. The summed E-state index contributed by atoms with van der Waals surface area (Å²) in [7, 11) is 0. The molecule has 118 valence electrons. The maximum Gasteiger partial charge on any atom is 0.266 e. The van der Waals surface area contributed by atoms with Crippen molar-refractivity contribution < 1.29 is 13.2 Å². The molecule has 0 fully saturated rings. The van der Waals surface area contributed by atoms with Gasteiger partial charge >= 0.3 is 0 Å². The minimum absolute atomic E-state index is 0.0732. The van der Waals surface area contributed by atoms with Gasteiger partial charge in [-0.05, 0) is 13.8 Å². The monoisotopic (exact) mass is 330 g/mol. The minimum Gasteiger partial charge on any atom is -0.393 e. The summed E-state index contributed by atoms with van der Waals surface area (Å²) in [6.45, 7) is 3.23. The summed E-state index contributed by atoms with van der Waals surface area (Å²) in [5.74, 6) is -0.338. The van der Waals surface area contributed by atoms with Crippen molar-refractivity contribution in [1.29, 1.82) is 0 Å². The maximum atomic E-state index is 14.1. The molecule has 0 spiro atoms. The molecule has 0 unspecified atom stereocenters. The number of rotatable bonds is 4. The lowest BCUT2D eigenvalue weighted by atomic mass is 10.0. The van der Waals surface area contributed by atoms with Crippen LogP contribution < -0.4 is 11.1 Å². The highest BCUT2D eigenvalue weighted by molar-refractivity contribution is 6.32. The van der Waals surface area contributed by atoms with Gasteiger partial charge in [0.1, 0.15) is 17.3 Å². The van der Waals surface area contributed by atoms with Gasteiger partial charge in [-0.1, -0.05) is 29.8 Å². The second-order valence-corrected chi connectivity index (χ2v) is 5.10. The Morgan fingerprint density at radius 1 is 1.23 bits per heavy atom. The molecule has 0 aliphatic rings. The van der Waals surface area contributed by atoms with Gasteiger partial charge in [-0.15, -0.1) is 0 Å². The quantitative estimate of drug-likeness (QED) is 0.822. The van der Waals surface area contributed by atoms with Crippen LogP contribution in [-0.4, -0.2) is 9.97 Å². The molecule has 3 N–H and O–H groups in total. The lowest BCUT2D eigenvalue weighted by Gasteiger charge is -2.18. The molecule has 2 rings (SSSR count). The molecule has 0 saturated carbocycles. The van der Waals surface area contributed by atoms with Crippen molar-refractivity contribution in [2.24, 2.45) is 0 Å². The van der Waals surface area contributed by atoms with E-state index in [4.69, 9.17) is 17.3 Å². The second kappa shape index (κ2) is 6.39. The van der Waals surface area contributed by atoms with Crippen molar-refractivity contribution in [2.45, 2.75) is 26.3 Å². The zero-order chi connectivity index (χ0) is 16.4. The van der Waals surface area contributed by atoms with Gasteiger partial charge in [-0.25, -0.2) is 23.1 Å². The van der Waals surface area contributed by atoms with E-state index >= 15 is 0 Å². The van der Waals surface area contributed by atoms with Crippen LogP contribution in [0.25, 0.3) is 0 Å². The van der Waals surface area contributed by atoms with E-state index in [2.05, 4.69) is 15.3 Å². The molecule has 4 nitrogen and oxygen atoms in total. The molecule has 22 heavy (non-hydrogen) atoms. The van der Waals surface area contributed by atoms with Crippen LogP contribution in [0.1, 0.15) is 36.3 Å². The normalized spacial score (nSPS) is 12.5. The van der Waals surface area contributed by atoms with Crippen LogP contribution in [0.5, 0.6) is 0 Å². The number of halogens is 4. The SMILES string of the molecule is Cc1nc(Cl)c(N)c(N[C@H](C)c2cccc(C(F)F)c2F)n1. The Hall–Kier alpha value is -2.02. The number of alkyl halides is 2. The smallest absolute Gasteiger partial charge is 0.266 e. The van der Waals surface area contributed by atoms with E-state index in [1.165, 1.54) is 12.1 Å². The van der Waals surface area contributed by atoms with Crippen LogP contribution in [0.15, 0.2) is 18.2 Å². The molecular weight excluding hydrogens is 317 g/mol. The van der Waals surface area contributed by atoms with Crippen molar-refractivity contribution in [2.75, 3.05) is 11.1 Å². The van der Waals surface area contributed by atoms with Crippen molar-refractivity contribution in [3.63, 3.8) is 0 Å². The summed E-state index contributed by atoms with van der Waals surface area (Å²) >= 11 is 5.86. The third kappa shape index (κ3) is 3.24. The molecule has 1 atom stereocenters. The fraction of sp³-hybridized carbons (Fsp3) is 0.286. The molecule has 0 bridgehead atoms. The summed E-state index contributed by atoms with van der Waals surface area (Å²) in [5.41, 5.74) is 5.32. The van der Waals surface area contributed by atoms with Crippen LogP contribution in [0, 0.1) is 12.7 Å². The first-order valence-corrected chi connectivity index (χ1v) is 6.81. The van der Waals surface area contributed by atoms with Gasteiger partial charge in [-0.2, -0.15) is 0 Å². The van der Waals surface area contributed by atoms with Gasteiger partial charge in [0.05, 0.1) is 11.6 Å². The standard InChI is InChI=1S/C14H14ClF3N4/c1-6(8-4-3-5-9(10(8)16)13(17)18)20-14-11(19)12(15)21-7(2)22-14/h3-6,13H,19H2,1-2H3,(H,20,21,22)/t6-/m1/s1. The summed E-state index contributed by atoms with van der Waals surface area (Å²) in [6, 6.07) is 3.21. The van der Waals surface area contributed by atoms with Crippen molar-refractivity contribution in [3.05, 3.63) is 46.1 Å². The number of aryl methyl sites for hydroxylation is 1. The fourth-order valence-electron chi connectivity index (χ4n) is 2.01.